The molecule has 0 aliphatic carbocycles. The molecule has 1 aliphatic heterocycles. The fourth-order valence-electron chi connectivity index (χ4n) is 4.57. The predicted molar refractivity (Wildman–Crippen MR) is 154 cm³/mol. The zero-order chi connectivity index (χ0) is 23.9. The summed E-state index contributed by atoms with van der Waals surface area (Å²) in [5.41, 5.74) is 4.30. The lowest BCUT2D eigenvalue weighted by atomic mass is 9.82. The van der Waals surface area contributed by atoms with Crippen molar-refractivity contribution < 1.29 is 0 Å². The van der Waals surface area contributed by atoms with Gasteiger partial charge in [0.1, 0.15) is 17.8 Å². The highest BCUT2D eigenvalue weighted by molar-refractivity contribution is 9.13. The number of alkyl halides is 4. The van der Waals surface area contributed by atoms with E-state index in [2.05, 4.69) is 171 Å². The Bertz CT molecular complexity index is 1060. The van der Waals surface area contributed by atoms with Crippen LogP contribution in [0.1, 0.15) is 22.3 Å². The van der Waals surface area contributed by atoms with Gasteiger partial charge in [-0.2, -0.15) is 0 Å². The Hall–Kier alpha value is -1.28. The molecule has 5 rings (SSSR count). The number of hydrogen-bond donors (Lipinski definition) is 2. The number of rotatable bonds is 4. The Morgan fingerprint density at radius 3 is 0.676 bits per heavy atom. The summed E-state index contributed by atoms with van der Waals surface area (Å²) in [7, 11) is 0. The number of piperazine rings is 1. The van der Waals surface area contributed by atoms with E-state index in [4.69, 9.17) is 0 Å². The van der Waals surface area contributed by atoms with Crippen LogP contribution in [-0.4, -0.2) is 0 Å². The Morgan fingerprint density at radius 1 is 0.324 bits per heavy atom. The van der Waals surface area contributed by atoms with Crippen molar-refractivity contribution in [2.45, 2.75) is 17.8 Å². The molecule has 0 spiro atoms. The second-order valence-corrected chi connectivity index (χ2v) is 13.1. The third-order valence-electron chi connectivity index (χ3n) is 6.32. The van der Waals surface area contributed by atoms with Crippen LogP contribution in [0.4, 0.5) is 0 Å². The van der Waals surface area contributed by atoms with Crippen LogP contribution in [0.5, 0.6) is 0 Å². The van der Waals surface area contributed by atoms with Crippen LogP contribution in [0.3, 0.4) is 0 Å². The quantitative estimate of drug-likeness (QED) is 0.165. The van der Waals surface area contributed by atoms with Crippen LogP contribution in [0.15, 0.2) is 121 Å². The van der Waals surface area contributed by atoms with Crippen molar-refractivity contribution in [2.24, 2.45) is 0 Å². The molecule has 0 saturated carbocycles. The van der Waals surface area contributed by atoms with Gasteiger partial charge < -0.3 is 0 Å². The normalized spacial score (nSPS) is 31.2. The minimum Gasteiger partial charge on any atom is -0.275 e. The summed E-state index contributed by atoms with van der Waals surface area (Å²) in [4.78, 5) is 0. The van der Waals surface area contributed by atoms with Gasteiger partial charge in [-0.25, -0.2) is 0 Å². The molecule has 6 heteroatoms. The van der Waals surface area contributed by atoms with Crippen molar-refractivity contribution in [3.8, 4) is 0 Å². The number of hydrogen-bond acceptors (Lipinski definition) is 2. The van der Waals surface area contributed by atoms with Gasteiger partial charge in [-0.1, -0.05) is 185 Å². The van der Waals surface area contributed by atoms with E-state index in [1.165, 1.54) is 0 Å². The van der Waals surface area contributed by atoms with E-state index in [-0.39, 0.29) is 0 Å². The molecule has 1 saturated heterocycles. The highest BCUT2D eigenvalue weighted by atomic mass is 79.9. The summed E-state index contributed by atoms with van der Waals surface area (Å²) in [6.45, 7) is 0. The number of nitrogens with one attached hydrogen (secondary N) is 2. The largest absolute Gasteiger partial charge is 0.275 e. The summed E-state index contributed by atoms with van der Waals surface area (Å²) < 4.78 is -3.02. The zero-order valence-corrected chi connectivity index (χ0v) is 24.4. The van der Waals surface area contributed by atoms with Crippen molar-refractivity contribution in [1.82, 2.24) is 10.6 Å². The second-order valence-electron chi connectivity index (χ2n) is 8.35. The third kappa shape index (κ3) is 3.78. The molecule has 1 fully saturated rings. The number of benzene rings is 4. The molecule has 4 aromatic rings. The van der Waals surface area contributed by atoms with E-state index in [1.54, 1.807) is 0 Å². The van der Waals surface area contributed by atoms with Gasteiger partial charge in [-0.05, 0) is 22.3 Å². The lowest BCUT2D eigenvalue weighted by Gasteiger charge is -2.61. The molecule has 34 heavy (non-hydrogen) atoms. The summed E-state index contributed by atoms with van der Waals surface area (Å²) in [5.74, 6) is 0. The van der Waals surface area contributed by atoms with Gasteiger partial charge in [0.05, 0.1) is 0 Å². The SMILES string of the molecule is BrC1(c2ccccc2)NC(Br)(c2ccccc2)C(Br)(c2ccccc2)NC1(Br)c1ccccc1. The van der Waals surface area contributed by atoms with E-state index in [1.807, 2.05) is 24.3 Å². The maximum absolute atomic E-state index is 4.19. The van der Waals surface area contributed by atoms with Crippen molar-refractivity contribution in [3.05, 3.63) is 144 Å². The van der Waals surface area contributed by atoms with Gasteiger partial charge in [0.25, 0.3) is 0 Å². The summed E-state index contributed by atoms with van der Waals surface area (Å²) in [6, 6.07) is 41.6. The molecule has 0 aromatic heterocycles. The van der Waals surface area contributed by atoms with Gasteiger partial charge in [0.2, 0.25) is 0 Å². The Kier molecular flexibility index (Phi) is 6.68. The van der Waals surface area contributed by atoms with E-state index >= 15 is 0 Å². The molecule has 2 nitrogen and oxygen atoms in total. The molecule has 1 aliphatic rings. The first-order valence-corrected chi connectivity index (χ1v) is 14.1. The van der Waals surface area contributed by atoms with Crippen molar-refractivity contribution in [1.29, 1.82) is 0 Å². The van der Waals surface area contributed by atoms with Gasteiger partial charge in [0, 0.05) is 0 Å². The van der Waals surface area contributed by atoms with E-state index in [0.717, 1.165) is 22.3 Å². The average molecular weight is 706 g/mol. The Labute approximate surface area is 234 Å². The van der Waals surface area contributed by atoms with Crippen LogP contribution >= 0.6 is 63.7 Å². The van der Waals surface area contributed by atoms with Crippen LogP contribution in [0.2, 0.25) is 0 Å². The smallest absolute Gasteiger partial charge is 0.134 e. The number of halogens is 4. The molecule has 4 aromatic carbocycles. The maximum atomic E-state index is 4.19. The molecule has 4 atom stereocenters. The molecule has 0 radical (unpaired) electrons. The Balaban J connectivity index is 1.81. The fraction of sp³-hybridized carbons (Fsp3) is 0.143. The molecular formula is C28H22Br4N2. The third-order valence-corrected chi connectivity index (χ3v) is 12.4. The van der Waals surface area contributed by atoms with Crippen LogP contribution in [0.25, 0.3) is 0 Å². The highest BCUT2D eigenvalue weighted by Gasteiger charge is 2.67. The van der Waals surface area contributed by atoms with Gasteiger partial charge >= 0.3 is 0 Å². The lowest BCUT2D eigenvalue weighted by Crippen LogP contribution is -2.76. The zero-order valence-electron chi connectivity index (χ0n) is 18.1. The maximum Gasteiger partial charge on any atom is 0.134 e. The molecule has 1 heterocycles. The first kappa shape index (κ1) is 24.4. The first-order chi connectivity index (χ1) is 16.3. The summed E-state index contributed by atoms with van der Waals surface area (Å²) >= 11 is 16.8. The van der Waals surface area contributed by atoms with Gasteiger partial charge in [-0.15, -0.1) is 0 Å². The molecule has 172 valence electrons. The average Bonchev–Trinajstić information content (AvgIpc) is 2.89. The van der Waals surface area contributed by atoms with Crippen LogP contribution in [-0.2, 0) is 17.8 Å². The fourth-order valence-corrected chi connectivity index (χ4v) is 8.67. The van der Waals surface area contributed by atoms with E-state index in [9.17, 15) is 0 Å². The van der Waals surface area contributed by atoms with E-state index < -0.39 is 17.8 Å². The predicted octanol–water partition coefficient (Wildman–Crippen LogP) is 8.17. The molecule has 2 N–H and O–H groups in total. The standard InChI is InChI=1S/C28H22Br4N2/c29-25(21-13-5-1-6-14-21)26(30,22-15-7-2-8-16-22)34-28(32,24-19-11-4-12-20-24)27(31,33-25)23-17-9-3-10-18-23/h1-20,33-34H. The second kappa shape index (κ2) is 9.30. The minimum atomic E-state index is -0.756. The van der Waals surface area contributed by atoms with Crippen molar-refractivity contribution in [3.63, 3.8) is 0 Å². The molecule has 0 amide bonds. The lowest BCUT2D eigenvalue weighted by molar-refractivity contribution is 0.139. The van der Waals surface area contributed by atoms with E-state index in [0.29, 0.717) is 0 Å². The summed E-state index contributed by atoms with van der Waals surface area (Å²) in [5, 5.41) is 7.99. The minimum absolute atomic E-state index is 0.756. The molecule has 4 unspecified atom stereocenters. The van der Waals surface area contributed by atoms with Gasteiger partial charge in [-0.3, -0.25) is 10.6 Å². The van der Waals surface area contributed by atoms with Crippen molar-refractivity contribution >= 4 is 63.7 Å². The van der Waals surface area contributed by atoms with Crippen molar-refractivity contribution in [2.75, 3.05) is 0 Å². The highest BCUT2D eigenvalue weighted by Crippen LogP contribution is 2.63. The van der Waals surface area contributed by atoms with Gasteiger partial charge in [0.15, 0.2) is 0 Å². The first-order valence-electron chi connectivity index (χ1n) is 10.9. The molecular weight excluding hydrogens is 684 g/mol. The monoisotopic (exact) mass is 702 g/mol. The van der Waals surface area contributed by atoms with Crippen LogP contribution in [0, 0.1) is 0 Å². The van der Waals surface area contributed by atoms with Crippen LogP contribution < -0.4 is 10.6 Å². The summed E-state index contributed by atoms with van der Waals surface area (Å²) in [6.07, 6.45) is 0. The Morgan fingerprint density at radius 2 is 0.500 bits per heavy atom. The molecule has 0 bridgehead atoms. The topological polar surface area (TPSA) is 24.1 Å².